The third-order valence-electron chi connectivity index (χ3n) is 3.49. The van der Waals surface area contributed by atoms with Crippen molar-refractivity contribution in [2.24, 2.45) is 0 Å². The summed E-state index contributed by atoms with van der Waals surface area (Å²) in [5.41, 5.74) is 1.85. The summed E-state index contributed by atoms with van der Waals surface area (Å²) < 4.78 is 0. The first-order valence-corrected chi connectivity index (χ1v) is 7.85. The predicted octanol–water partition coefficient (Wildman–Crippen LogP) is 2.51. The third kappa shape index (κ3) is 4.92. The Morgan fingerprint density at radius 1 is 0.962 bits per heavy atom. The predicted molar refractivity (Wildman–Crippen MR) is 98.6 cm³/mol. The van der Waals surface area contributed by atoms with Crippen molar-refractivity contribution >= 4 is 34.8 Å². The molecule has 7 heteroatoms. The molecule has 0 heterocycles. The van der Waals surface area contributed by atoms with Crippen LogP contribution in [0.5, 0.6) is 0 Å². The molecule has 2 N–H and O–H groups in total. The molecule has 0 fully saturated rings. The average molecular weight is 350 g/mol. The van der Waals surface area contributed by atoms with Gasteiger partial charge in [0.1, 0.15) is 12.6 Å². The van der Waals surface area contributed by atoms with Gasteiger partial charge in [0, 0.05) is 25.2 Å². The van der Waals surface area contributed by atoms with Crippen molar-refractivity contribution in [2.45, 2.75) is 13.8 Å². The maximum Gasteiger partial charge on any atom is 0.244 e. The van der Waals surface area contributed by atoms with Crippen LogP contribution in [0.3, 0.4) is 0 Å². The lowest BCUT2D eigenvalue weighted by Gasteiger charge is -2.21. The number of anilines is 3. The largest absolute Gasteiger partial charge is 0.326 e. The highest BCUT2D eigenvalue weighted by Crippen LogP contribution is 2.20. The van der Waals surface area contributed by atoms with E-state index in [0.29, 0.717) is 22.6 Å². The number of carbonyl (C=O) groups excluding carboxylic acids is 3. The van der Waals surface area contributed by atoms with Gasteiger partial charge in [-0.25, -0.2) is 0 Å². The number of nitrogens with one attached hydrogen (secondary N) is 2. The van der Waals surface area contributed by atoms with Crippen molar-refractivity contribution in [3.05, 3.63) is 54.1 Å². The first-order valence-electron chi connectivity index (χ1n) is 7.85. The molecule has 0 radical (unpaired) electrons. The minimum atomic E-state index is -0.403. The summed E-state index contributed by atoms with van der Waals surface area (Å²) in [5.74, 6) is -0.931. The first kappa shape index (κ1) is 18.7. The van der Waals surface area contributed by atoms with Gasteiger partial charge in [0.25, 0.3) is 0 Å². The van der Waals surface area contributed by atoms with E-state index in [2.05, 4.69) is 10.6 Å². The van der Waals surface area contributed by atoms with Gasteiger partial charge in [-0.3, -0.25) is 14.4 Å². The van der Waals surface area contributed by atoms with Gasteiger partial charge in [-0.1, -0.05) is 12.1 Å². The Kier molecular flexibility index (Phi) is 6.06. The van der Waals surface area contributed by atoms with Crippen LogP contribution in [0.2, 0.25) is 0 Å². The van der Waals surface area contributed by atoms with Crippen LogP contribution in [0.25, 0.3) is 0 Å². The van der Waals surface area contributed by atoms with Crippen molar-refractivity contribution in [1.29, 1.82) is 5.26 Å². The zero-order chi connectivity index (χ0) is 19.1. The van der Waals surface area contributed by atoms with Crippen LogP contribution in [0.1, 0.15) is 19.4 Å². The molecule has 2 aromatic rings. The van der Waals surface area contributed by atoms with Crippen molar-refractivity contribution in [2.75, 3.05) is 22.1 Å². The van der Waals surface area contributed by atoms with Crippen LogP contribution in [0.15, 0.2) is 48.5 Å². The lowest BCUT2D eigenvalue weighted by molar-refractivity contribution is -0.120. The molecule has 26 heavy (non-hydrogen) atoms. The summed E-state index contributed by atoms with van der Waals surface area (Å²) in [7, 11) is 0. The number of amides is 3. The van der Waals surface area contributed by atoms with Crippen molar-refractivity contribution in [3.8, 4) is 6.07 Å². The molecule has 0 aliphatic heterocycles. The van der Waals surface area contributed by atoms with E-state index >= 15 is 0 Å². The highest BCUT2D eigenvalue weighted by Gasteiger charge is 2.18. The Hall–Kier alpha value is -3.66. The van der Waals surface area contributed by atoms with Crippen LogP contribution in [0, 0.1) is 11.3 Å². The summed E-state index contributed by atoms with van der Waals surface area (Å²) in [6.07, 6.45) is 0. The molecule has 2 rings (SSSR count). The molecule has 0 unspecified atom stereocenters. The molecule has 7 nitrogen and oxygen atoms in total. The maximum absolute atomic E-state index is 12.3. The van der Waals surface area contributed by atoms with Crippen LogP contribution < -0.4 is 15.5 Å². The quantitative estimate of drug-likeness (QED) is 0.865. The zero-order valence-electron chi connectivity index (χ0n) is 14.4. The Morgan fingerprint density at radius 3 is 2.08 bits per heavy atom. The topological polar surface area (TPSA) is 102 Å². The standard InChI is InChI=1S/C19H18N4O3/c1-13(24)21-16-7-9-17(10-8-16)22-19(26)12-23(14(2)25)18-6-4-3-5-15(18)11-20/h3-10H,12H2,1-2H3,(H,21,24)(H,22,26). The smallest absolute Gasteiger partial charge is 0.244 e. The monoisotopic (exact) mass is 350 g/mol. The highest BCUT2D eigenvalue weighted by molar-refractivity contribution is 6.02. The molecule has 0 bridgehead atoms. The Bertz CT molecular complexity index is 869. The number of nitrogens with zero attached hydrogens (tertiary/aromatic N) is 2. The second-order valence-corrected chi connectivity index (χ2v) is 5.54. The summed E-state index contributed by atoms with van der Waals surface area (Å²) in [6, 6.07) is 15.2. The fraction of sp³-hybridized carbons (Fsp3) is 0.158. The molecule has 2 aromatic carbocycles. The van der Waals surface area contributed by atoms with Gasteiger partial charge in [-0.2, -0.15) is 5.26 Å². The molecule has 0 saturated carbocycles. The van der Waals surface area contributed by atoms with E-state index in [0.717, 1.165) is 0 Å². The normalized spacial score (nSPS) is 9.73. The molecule has 3 amide bonds. The van der Waals surface area contributed by atoms with Gasteiger partial charge in [0.05, 0.1) is 11.3 Å². The Morgan fingerprint density at radius 2 is 1.54 bits per heavy atom. The SMILES string of the molecule is CC(=O)Nc1ccc(NC(=O)CN(C(C)=O)c2ccccc2C#N)cc1. The van der Waals surface area contributed by atoms with Gasteiger partial charge in [0.2, 0.25) is 17.7 Å². The van der Waals surface area contributed by atoms with E-state index in [4.69, 9.17) is 0 Å². The molecule has 0 atom stereocenters. The molecular weight excluding hydrogens is 332 g/mol. The van der Waals surface area contributed by atoms with Gasteiger partial charge >= 0.3 is 0 Å². The van der Waals surface area contributed by atoms with Gasteiger partial charge < -0.3 is 15.5 Å². The van der Waals surface area contributed by atoms with E-state index < -0.39 is 5.91 Å². The number of rotatable bonds is 5. The summed E-state index contributed by atoms with van der Waals surface area (Å²) in [6.45, 7) is 2.52. The number of para-hydroxylation sites is 1. The number of carbonyl (C=O) groups is 3. The third-order valence-corrected chi connectivity index (χ3v) is 3.49. The molecule has 0 aliphatic rings. The second-order valence-electron chi connectivity index (χ2n) is 5.54. The van der Waals surface area contributed by atoms with Gasteiger partial charge in [-0.15, -0.1) is 0 Å². The number of hydrogen-bond acceptors (Lipinski definition) is 4. The lowest BCUT2D eigenvalue weighted by atomic mass is 10.1. The van der Waals surface area contributed by atoms with E-state index in [1.165, 1.54) is 18.7 Å². The van der Waals surface area contributed by atoms with Crippen LogP contribution in [0.4, 0.5) is 17.1 Å². The molecule has 0 saturated heterocycles. The van der Waals surface area contributed by atoms with Crippen molar-refractivity contribution < 1.29 is 14.4 Å². The van der Waals surface area contributed by atoms with E-state index in [9.17, 15) is 19.6 Å². The van der Waals surface area contributed by atoms with E-state index in [1.807, 2.05) is 6.07 Å². The molecule has 0 spiro atoms. The highest BCUT2D eigenvalue weighted by atomic mass is 16.2. The van der Waals surface area contributed by atoms with Crippen molar-refractivity contribution in [3.63, 3.8) is 0 Å². The van der Waals surface area contributed by atoms with E-state index in [-0.39, 0.29) is 18.4 Å². The van der Waals surface area contributed by atoms with Gasteiger partial charge in [0.15, 0.2) is 0 Å². The van der Waals surface area contributed by atoms with Crippen LogP contribution in [-0.4, -0.2) is 24.3 Å². The number of benzene rings is 2. The van der Waals surface area contributed by atoms with Crippen LogP contribution in [-0.2, 0) is 14.4 Å². The Labute approximate surface area is 151 Å². The van der Waals surface area contributed by atoms with Crippen molar-refractivity contribution in [1.82, 2.24) is 0 Å². The maximum atomic E-state index is 12.3. The first-order chi connectivity index (χ1) is 12.4. The lowest BCUT2D eigenvalue weighted by Crippen LogP contribution is -2.37. The molecule has 132 valence electrons. The summed E-state index contributed by atoms with van der Waals surface area (Å²) in [5, 5.41) is 14.5. The summed E-state index contributed by atoms with van der Waals surface area (Å²) >= 11 is 0. The summed E-state index contributed by atoms with van der Waals surface area (Å²) in [4.78, 5) is 36.5. The average Bonchev–Trinajstić information content (AvgIpc) is 2.60. The minimum absolute atomic E-state index is 0.185. The fourth-order valence-corrected chi connectivity index (χ4v) is 2.35. The fourth-order valence-electron chi connectivity index (χ4n) is 2.35. The molecular formula is C19H18N4O3. The Balaban J connectivity index is 2.10. The van der Waals surface area contributed by atoms with E-state index in [1.54, 1.807) is 48.5 Å². The molecule has 0 aromatic heterocycles. The second kappa shape index (κ2) is 8.44. The molecule has 0 aliphatic carbocycles. The zero-order valence-corrected chi connectivity index (χ0v) is 14.4. The van der Waals surface area contributed by atoms with Gasteiger partial charge in [-0.05, 0) is 36.4 Å². The number of hydrogen-bond donors (Lipinski definition) is 2. The minimum Gasteiger partial charge on any atom is -0.326 e. The van der Waals surface area contributed by atoms with Crippen LogP contribution >= 0.6 is 0 Å². The number of nitriles is 1.